The Kier molecular flexibility index (Phi) is 12.7. The molecule has 0 bridgehead atoms. The molecular formula is C34H46O15. The van der Waals surface area contributed by atoms with Crippen LogP contribution in [0.3, 0.4) is 0 Å². The number of carbonyl (C=O) groups is 8. The van der Waals surface area contributed by atoms with Crippen molar-refractivity contribution in [2.75, 3.05) is 0 Å². The van der Waals surface area contributed by atoms with E-state index in [0.717, 1.165) is 48.5 Å². The summed E-state index contributed by atoms with van der Waals surface area (Å²) in [7, 11) is 0. The van der Waals surface area contributed by atoms with E-state index in [1.807, 2.05) is 0 Å². The maximum atomic E-state index is 14.8. The third-order valence-electron chi connectivity index (χ3n) is 8.29. The van der Waals surface area contributed by atoms with Gasteiger partial charge in [-0.1, -0.05) is 39.5 Å². The molecule has 0 radical (unpaired) electrons. The number of ketones is 1. The fourth-order valence-corrected chi connectivity index (χ4v) is 6.74. The molecule has 2 aliphatic carbocycles. The smallest absolute Gasteiger partial charge is 0.303 e. The molecule has 0 aromatic rings. The van der Waals surface area contributed by atoms with Crippen LogP contribution in [-0.2, 0) is 71.5 Å². The van der Waals surface area contributed by atoms with Crippen LogP contribution in [0.4, 0.5) is 0 Å². The average molecular weight is 695 g/mol. The number of carbonyl (C=O) groups excluding carboxylic acids is 8. The van der Waals surface area contributed by atoms with Crippen LogP contribution in [0.5, 0.6) is 0 Å². The summed E-state index contributed by atoms with van der Waals surface area (Å²) in [6, 6.07) is 0. The number of hydrogen-bond donors (Lipinski definition) is 0. The first kappa shape index (κ1) is 40.6. The highest BCUT2D eigenvalue weighted by Crippen LogP contribution is 2.54. The summed E-state index contributed by atoms with van der Waals surface area (Å²) in [6.07, 6.45) is -5.98. The molecule has 15 heteroatoms. The van der Waals surface area contributed by atoms with Crippen molar-refractivity contribution in [3.8, 4) is 0 Å². The van der Waals surface area contributed by atoms with Crippen LogP contribution in [0.25, 0.3) is 0 Å². The van der Waals surface area contributed by atoms with Crippen LogP contribution in [0.15, 0.2) is 24.3 Å². The molecule has 1 fully saturated rings. The normalized spacial score (nSPS) is 32.6. The minimum absolute atomic E-state index is 0.347. The Labute approximate surface area is 284 Å². The summed E-state index contributed by atoms with van der Waals surface area (Å²) >= 11 is 0. The molecule has 0 aromatic heterocycles. The molecular weight excluding hydrogens is 648 g/mol. The molecule has 0 N–H and O–H groups in total. The van der Waals surface area contributed by atoms with Gasteiger partial charge in [0.1, 0.15) is 6.10 Å². The Hall–Kier alpha value is -4.56. The predicted octanol–water partition coefficient (Wildman–Crippen LogP) is 2.65. The summed E-state index contributed by atoms with van der Waals surface area (Å²) in [4.78, 5) is 103. The lowest BCUT2D eigenvalue weighted by Gasteiger charge is -2.44. The highest BCUT2D eigenvalue weighted by Gasteiger charge is 2.72. The van der Waals surface area contributed by atoms with Crippen molar-refractivity contribution < 1.29 is 71.5 Å². The van der Waals surface area contributed by atoms with Crippen molar-refractivity contribution in [1.29, 1.82) is 0 Å². The predicted molar refractivity (Wildman–Crippen MR) is 167 cm³/mol. The lowest BCUT2D eigenvalue weighted by atomic mass is 9.72. The van der Waals surface area contributed by atoms with Crippen molar-refractivity contribution in [2.24, 2.45) is 17.3 Å². The van der Waals surface area contributed by atoms with Gasteiger partial charge in [0.05, 0.1) is 5.92 Å². The van der Waals surface area contributed by atoms with E-state index < -0.39 is 113 Å². The Morgan fingerprint density at radius 3 is 1.55 bits per heavy atom. The van der Waals surface area contributed by atoms with Gasteiger partial charge in [-0.25, -0.2) is 0 Å². The van der Waals surface area contributed by atoms with Crippen LogP contribution in [0.2, 0.25) is 0 Å². The van der Waals surface area contributed by atoms with Crippen LogP contribution in [-0.4, -0.2) is 89.3 Å². The van der Waals surface area contributed by atoms with Gasteiger partial charge in [0.15, 0.2) is 41.4 Å². The van der Waals surface area contributed by atoms with Gasteiger partial charge in [-0.3, -0.25) is 38.4 Å². The number of fused-ring (bicyclic) bond motifs is 1. The first-order chi connectivity index (χ1) is 22.4. The van der Waals surface area contributed by atoms with E-state index in [4.69, 9.17) is 33.2 Å². The molecule has 1 saturated carbocycles. The second kappa shape index (κ2) is 15.3. The van der Waals surface area contributed by atoms with Crippen molar-refractivity contribution in [2.45, 2.75) is 124 Å². The van der Waals surface area contributed by atoms with E-state index in [1.165, 1.54) is 26.0 Å². The molecule has 2 rings (SSSR count). The zero-order chi connectivity index (χ0) is 37.8. The van der Waals surface area contributed by atoms with E-state index in [1.54, 1.807) is 13.8 Å². The minimum atomic E-state index is -2.35. The van der Waals surface area contributed by atoms with Gasteiger partial charge in [-0.2, -0.15) is 0 Å². The van der Waals surface area contributed by atoms with Gasteiger partial charge in [-0.05, 0) is 6.92 Å². The van der Waals surface area contributed by atoms with Crippen molar-refractivity contribution >= 4 is 47.6 Å². The zero-order valence-corrected chi connectivity index (χ0v) is 29.7. The Morgan fingerprint density at radius 1 is 0.653 bits per heavy atom. The average Bonchev–Trinajstić information content (AvgIpc) is 3.15. The maximum Gasteiger partial charge on any atom is 0.303 e. The first-order valence-corrected chi connectivity index (χ1v) is 15.6. The molecule has 9 atom stereocenters. The van der Waals surface area contributed by atoms with Crippen molar-refractivity contribution in [3.63, 3.8) is 0 Å². The van der Waals surface area contributed by atoms with Gasteiger partial charge >= 0.3 is 41.8 Å². The van der Waals surface area contributed by atoms with Gasteiger partial charge in [0.2, 0.25) is 0 Å². The third kappa shape index (κ3) is 9.33. The van der Waals surface area contributed by atoms with Crippen LogP contribution < -0.4 is 0 Å². The highest BCUT2D eigenvalue weighted by molar-refractivity contribution is 5.94. The third-order valence-corrected chi connectivity index (χ3v) is 8.29. The molecule has 0 aliphatic heterocycles. The highest BCUT2D eigenvalue weighted by atomic mass is 16.6. The zero-order valence-electron chi connectivity index (χ0n) is 29.7. The second-order valence-corrected chi connectivity index (χ2v) is 13.2. The molecule has 0 spiro atoms. The number of rotatable bonds is 7. The van der Waals surface area contributed by atoms with Gasteiger partial charge in [0.25, 0.3) is 0 Å². The van der Waals surface area contributed by atoms with E-state index in [2.05, 4.69) is 6.58 Å². The number of hydrogen-bond acceptors (Lipinski definition) is 15. The Morgan fingerprint density at radius 2 is 1.10 bits per heavy atom. The van der Waals surface area contributed by atoms with Gasteiger partial charge in [0, 0.05) is 71.8 Å². The number of esters is 7. The molecule has 9 unspecified atom stereocenters. The molecule has 0 amide bonds. The Bertz CT molecular complexity index is 1430. The fourth-order valence-electron chi connectivity index (χ4n) is 6.74. The van der Waals surface area contributed by atoms with E-state index in [-0.39, 0.29) is 5.57 Å². The fraction of sp³-hybridized carbons (Fsp3) is 0.647. The van der Waals surface area contributed by atoms with E-state index in [0.29, 0.717) is 0 Å². The SMILES string of the molecule is C=C1C(OC(C)=O)C(OC(C)=O)C(OC(C)=O)C(C)(C)C=CC(C)C(=O)C2(OC(C)=O)CC(C)(OC(C)=O)C(OC(C)=O)C2C1OC(C)=O. The van der Waals surface area contributed by atoms with Crippen LogP contribution >= 0.6 is 0 Å². The molecule has 0 aromatic carbocycles. The summed E-state index contributed by atoms with van der Waals surface area (Å²) in [5.74, 6) is -9.92. The van der Waals surface area contributed by atoms with Crippen molar-refractivity contribution in [3.05, 3.63) is 24.3 Å². The van der Waals surface area contributed by atoms with Gasteiger partial charge < -0.3 is 33.2 Å². The molecule has 272 valence electrons. The maximum absolute atomic E-state index is 14.8. The van der Waals surface area contributed by atoms with Gasteiger partial charge in [-0.15, -0.1) is 0 Å². The lowest BCUT2D eigenvalue weighted by molar-refractivity contribution is -0.195. The number of ether oxygens (including phenoxy) is 7. The largest absolute Gasteiger partial charge is 0.458 e. The second-order valence-electron chi connectivity index (χ2n) is 13.2. The minimum Gasteiger partial charge on any atom is -0.458 e. The first-order valence-electron chi connectivity index (χ1n) is 15.6. The standard InChI is InChI=1S/C34H46O15/c1-16-13-14-32(10,11)31(47-22(7)39)28(45-20(5)37)27(44-19(4)36)17(2)26(43-18(3)35)25-30(46-21(6)38)33(12,48-23(8)40)15-34(25,29(16)42)49-24(9)41/h13-14,16,25-28,30-31H,2,15H2,1,3-12H3. The molecule has 0 heterocycles. The number of allylic oxidation sites excluding steroid dienone is 1. The molecule has 0 saturated heterocycles. The van der Waals surface area contributed by atoms with E-state index >= 15 is 0 Å². The monoisotopic (exact) mass is 694 g/mol. The molecule has 2 aliphatic rings. The summed E-state index contributed by atoms with van der Waals surface area (Å²) in [6.45, 7) is 17.5. The Balaban J connectivity index is 3.26. The van der Waals surface area contributed by atoms with E-state index in [9.17, 15) is 38.4 Å². The quantitative estimate of drug-likeness (QED) is 0.214. The summed E-state index contributed by atoms with van der Waals surface area (Å²) < 4.78 is 40.1. The summed E-state index contributed by atoms with van der Waals surface area (Å²) in [5.41, 5.74) is -5.85. The lowest BCUT2D eigenvalue weighted by Crippen LogP contribution is -2.59. The van der Waals surface area contributed by atoms with Crippen molar-refractivity contribution in [1.82, 2.24) is 0 Å². The van der Waals surface area contributed by atoms with Crippen LogP contribution in [0.1, 0.15) is 82.6 Å². The molecule has 15 nitrogen and oxygen atoms in total. The topological polar surface area (TPSA) is 201 Å². The number of Topliss-reactive ketones (excluding diaryl/α,β-unsaturated/α-hetero) is 1. The summed E-state index contributed by atoms with van der Waals surface area (Å²) in [5, 5.41) is 0. The van der Waals surface area contributed by atoms with Crippen LogP contribution in [0, 0.1) is 17.3 Å². The molecule has 49 heavy (non-hydrogen) atoms.